The number of amides is 1. The topological polar surface area (TPSA) is 49.3 Å². The van der Waals surface area contributed by atoms with Crippen molar-refractivity contribution in [2.45, 2.75) is 13.3 Å². The van der Waals surface area contributed by atoms with Gasteiger partial charge in [0, 0.05) is 29.2 Å². The van der Waals surface area contributed by atoms with E-state index in [0.717, 1.165) is 12.0 Å². The van der Waals surface area contributed by atoms with Gasteiger partial charge in [0.05, 0.1) is 6.61 Å². The number of nitrogens with one attached hydrogen (secondary N) is 1. The minimum Gasteiger partial charge on any atom is -0.395 e. The summed E-state index contributed by atoms with van der Waals surface area (Å²) in [5.41, 5.74) is 2.00. The van der Waals surface area contributed by atoms with Gasteiger partial charge < -0.3 is 10.4 Å². The van der Waals surface area contributed by atoms with Crippen LogP contribution in [0, 0.1) is 23.6 Å². The summed E-state index contributed by atoms with van der Waals surface area (Å²) in [6.45, 7) is 2.14. The van der Waals surface area contributed by atoms with Gasteiger partial charge in [-0.15, -0.1) is 0 Å². The Kier molecular flexibility index (Phi) is 6.53. The second-order valence-corrected chi connectivity index (χ2v) is 5.36. The Labute approximate surface area is 141 Å². The molecule has 0 saturated heterocycles. The molecule has 1 aromatic rings. The summed E-state index contributed by atoms with van der Waals surface area (Å²) in [6, 6.07) is 6.12. The molecule has 0 spiro atoms. The summed E-state index contributed by atoms with van der Waals surface area (Å²) in [5.74, 6) is 5.41. The highest BCUT2D eigenvalue weighted by molar-refractivity contribution is 5.94. The molecule has 1 aliphatic carbocycles. The third-order valence-corrected chi connectivity index (χ3v) is 3.63. The third kappa shape index (κ3) is 4.94. The zero-order valence-corrected chi connectivity index (χ0v) is 13.6. The van der Waals surface area contributed by atoms with E-state index in [1.54, 1.807) is 24.3 Å². The number of aliphatic hydroxyl groups is 1. The van der Waals surface area contributed by atoms with Gasteiger partial charge in [0.15, 0.2) is 0 Å². The maximum Gasteiger partial charge on any atom is 0.247 e. The molecular formula is C20H20FNO2. The Bertz CT molecular complexity index is 750. The molecule has 24 heavy (non-hydrogen) atoms. The molecule has 0 aliphatic heterocycles. The lowest BCUT2D eigenvalue weighted by molar-refractivity contribution is -0.118. The SMILES string of the molecule is CCC1C=CC(C#Cc2cccc(F)c2)=CC=C1C(=O)NCCO. The van der Waals surface area contributed by atoms with Crippen molar-refractivity contribution in [3.05, 3.63) is 71.1 Å². The van der Waals surface area contributed by atoms with Gasteiger partial charge in [-0.2, -0.15) is 0 Å². The number of allylic oxidation sites excluding steroid dienone is 5. The van der Waals surface area contributed by atoms with Gasteiger partial charge in [-0.25, -0.2) is 4.39 Å². The largest absolute Gasteiger partial charge is 0.395 e. The monoisotopic (exact) mass is 325 g/mol. The third-order valence-electron chi connectivity index (χ3n) is 3.63. The van der Waals surface area contributed by atoms with Crippen molar-refractivity contribution in [2.75, 3.05) is 13.2 Å². The number of hydrogen-bond acceptors (Lipinski definition) is 2. The van der Waals surface area contributed by atoms with E-state index in [9.17, 15) is 9.18 Å². The summed E-state index contributed by atoms with van der Waals surface area (Å²) in [4.78, 5) is 12.2. The van der Waals surface area contributed by atoms with Gasteiger partial charge >= 0.3 is 0 Å². The van der Waals surface area contributed by atoms with E-state index in [1.807, 2.05) is 19.1 Å². The van der Waals surface area contributed by atoms with Crippen LogP contribution in [0.4, 0.5) is 4.39 Å². The fourth-order valence-electron chi connectivity index (χ4n) is 2.35. The van der Waals surface area contributed by atoms with E-state index < -0.39 is 0 Å². The quantitative estimate of drug-likeness (QED) is 0.836. The Morgan fingerprint density at radius 1 is 1.33 bits per heavy atom. The van der Waals surface area contributed by atoms with Gasteiger partial charge in [-0.3, -0.25) is 4.79 Å². The van der Waals surface area contributed by atoms with Crippen molar-refractivity contribution < 1.29 is 14.3 Å². The molecule has 1 aliphatic rings. The summed E-state index contributed by atoms with van der Waals surface area (Å²) in [6.07, 6.45) is 8.16. The van der Waals surface area contributed by atoms with Crippen molar-refractivity contribution in [1.29, 1.82) is 0 Å². The first-order chi connectivity index (χ1) is 11.6. The fraction of sp³-hybridized carbons (Fsp3) is 0.250. The number of carbonyl (C=O) groups excluding carboxylic acids is 1. The van der Waals surface area contributed by atoms with Crippen LogP contribution in [-0.4, -0.2) is 24.2 Å². The highest BCUT2D eigenvalue weighted by Gasteiger charge is 2.17. The van der Waals surface area contributed by atoms with Crippen LogP contribution in [-0.2, 0) is 4.79 Å². The number of halogens is 1. The molecule has 1 amide bonds. The average Bonchev–Trinajstić information content (AvgIpc) is 2.80. The van der Waals surface area contributed by atoms with Crippen molar-refractivity contribution in [1.82, 2.24) is 5.32 Å². The molecule has 0 radical (unpaired) electrons. The average molecular weight is 325 g/mol. The molecule has 2 N–H and O–H groups in total. The highest BCUT2D eigenvalue weighted by atomic mass is 19.1. The number of rotatable bonds is 4. The maximum absolute atomic E-state index is 13.2. The van der Waals surface area contributed by atoms with Crippen molar-refractivity contribution >= 4 is 5.91 Å². The van der Waals surface area contributed by atoms with Crippen LogP contribution in [0.2, 0.25) is 0 Å². The molecule has 0 fully saturated rings. The summed E-state index contributed by atoms with van der Waals surface area (Å²) in [5, 5.41) is 11.5. The smallest absolute Gasteiger partial charge is 0.247 e. The fourth-order valence-corrected chi connectivity index (χ4v) is 2.35. The highest BCUT2D eigenvalue weighted by Crippen LogP contribution is 2.21. The first-order valence-electron chi connectivity index (χ1n) is 7.90. The van der Waals surface area contributed by atoms with Crippen LogP contribution in [0.15, 0.2) is 59.7 Å². The van der Waals surface area contributed by atoms with Crippen LogP contribution in [0.1, 0.15) is 18.9 Å². The molecule has 0 aromatic heterocycles. The molecule has 1 unspecified atom stereocenters. The van der Waals surface area contributed by atoms with Gasteiger partial charge in [-0.05, 0) is 36.8 Å². The number of benzene rings is 1. The minimum atomic E-state index is -0.319. The van der Waals surface area contributed by atoms with E-state index in [0.29, 0.717) is 11.1 Å². The van der Waals surface area contributed by atoms with Crippen molar-refractivity contribution in [2.24, 2.45) is 5.92 Å². The predicted octanol–water partition coefficient (Wildman–Crippen LogP) is 2.73. The number of carbonyl (C=O) groups is 1. The van der Waals surface area contributed by atoms with Crippen LogP contribution >= 0.6 is 0 Å². The van der Waals surface area contributed by atoms with Gasteiger partial charge in [0.1, 0.15) is 5.82 Å². The van der Waals surface area contributed by atoms with E-state index in [-0.39, 0.29) is 30.8 Å². The van der Waals surface area contributed by atoms with Crippen molar-refractivity contribution in [3.8, 4) is 11.8 Å². The van der Waals surface area contributed by atoms with Crippen LogP contribution in [0.25, 0.3) is 0 Å². The second-order valence-electron chi connectivity index (χ2n) is 5.36. The van der Waals surface area contributed by atoms with Gasteiger partial charge in [0.25, 0.3) is 0 Å². The molecule has 3 nitrogen and oxygen atoms in total. The van der Waals surface area contributed by atoms with Gasteiger partial charge in [0.2, 0.25) is 5.91 Å². The normalized spacial score (nSPS) is 16.4. The van der Waals surface area contributed by atoms with E-state index in [2.05, 4.69) is 17.2 Å². The van der Waals surface area contributed by atoms with Crippen molar-refractivity contribution in [3.63, 3.8) is 0 Å². The molecule has 0 heterocycles. The molecular weight excluding hydrogens is 305 g/mol. The maximum atomic E-state index is 13.2. The summed E-state index contributed by atoms with van der Waals surface area (Å²) in [7, 11) is 0. The summed E-state index contributed by atoms with van der Waals surface area (Å²) < 4.78 is 13.2. The van der Waals surface area contributed by atoms with Gasteiger partial charge in [-0.1, -0.05) is 37.0 Å². The first-order valence-corrected chi connectivity index (χ1v) is 7.90. The lowest BCUT2D eigenvalue weighted by atomic mass is 9.95. The Morgan fingerprint density at radius 2 is 2.17 bits per heavy atom. The standard InChI is InChI=1S/C20H20FNO2/c1-2-17-10-8-15(6-7-16-4-3-5-18(21)14-16)9-11-19(17)20(24)22-12-13-23/h3-5,8-11,14,17,23H,2,12-13H2,1H3,(H,22,24). The number of aliphatic hydroxyl groups excluding tert-OH is 1. The van der Waals surface area contributed by atoms with E-state index in [4.69, 9.17) is 5.11 Å². The van der Waals surface area contributed by atoms with E-state index in [1.165, 1.54) is 12.1 Å². The Balaban J connectivity index is 2.22. The summed E-state index contributed by atoms with van der Waals surface area (Å²) >= 11 is 0. The molecule has 1 atom stereocenters. The molecule has 124 valence electrons. The lowest BCUT2D eigenvalue weighted by Gasteiger charge is -2.13. The zero-order chi connectivity index (χ0) is 17.4. The van der Waals surface area contributed by atoms with Crippen LogP contribution in [0.3, 0.4) is 0 Å². The first kappa shape index (κ1) is 17.7. The molecule has 0 bridgehead atoms. The Hall–Kier alpha value is -2.64. The molecule has 2 rings (SSSR count). The second kappa shape index (κ2) is 8.85. The lowest BCUT2D eigenvalue weighted by Crippen LogP contribution is -2.30. The van der Waals surface area contributed by atoms with Crippen LogP contribution < -0.4 is 5.32 Å². The Morgan fingerprint density at radius 3 is 2.88 bits per heavy atom. The number of hydrogen-bond donors (Lipinski definition) is 2. The molecule has 1 aromatic carbocycles. The molecule has 0 saturated carbocycles. The zero-order valence-electron chi connectivity index (χ0n) is 13.6. The molecule has 4 heteroatoms. The predicted molar refractivity (Wildman–Crippen MR) is 92.5 cm³/mol. The van der Waals surface area contributed by atoms with E-state index >= 15 is 0 Å². The minimum absolute atomic E-state index is 0.00610. The van der Waals surface area contributed by atoms with Crippen LogP contribution in [0.5, 0.6) is 0 Å².